The number of hydrogen-bond donors (Lipinski definition) is 2. The van der Waals surface area contributed by atoms with Gasteiger partial charge in [-0.15, -0.1) is 0 Å². The van der Waals surface area contributed by atoms with Crippen LogP contribution in [-0.2, 0) is 0 Å². The Labute approximate surface area is 139 Å². The summed E-state index contributed by atoms with van der Waals surface area (Å²) in [5.74, 6) is 0.886. The lowest BCUT2D eigenvalue weighted by Crippen LogP contribution is -2.38. The molecule has 3 heteroatoms. The maximum absolute atomic E-state index is 5.95. The van der Waals surface area contributed by atoms with Gasteiger partial charge in [0.05, 0.1) is 0 Å². The SMILES string of the molecule is CCC(C)NC(N)=NCCC(c1ccccc1)c1ccccc1. The average Bonchev–Trinajstić information content (AvgIpc) is 2.60. The van der Waals surface area contributed by atoms with Crippen molar-refractivity contribution in [2.24, 2.45) is 10.7 Å². The third-order valence-electron chi connectivity index (χ3n) is 4.11. The lowest BCUT2D eigenvalue weighted by molar-refractivity contribution is 0.634. The van der Waals surface area contributed by atoms with Crippen LogP contribution in [0.4, 0.5) is 0 Å². The van der Waals surface area contributed by atoms with E-state index >= 15 is 0 Å². The van der Waals surface area contributed by atoms with Crippen molar-refractivity contribution in [2.45, 2.75) is 38.6 Å². The van der Waals surface area contributed by atoms with E-state index in [1.807, 2.05) is 0 Å². The second-order valence-electron chi connectivity index (χ2n) is 5.88. The first-order chi connectivity index (χ1) is 11.2. The maximum Gasteiger partial charge on any atom is 0.188 e. The lowest BCUT2D eigenvalue weighted by Gasteiger charge is -2.17. The molecule has 0 saturated carbocycles. The lowest BCUT2D eigenvalue weighted by atomic mass is 9.89. The smallest absolute Gasteiger partial charge is 0.188 e. The molecule has 0 amide bonds. The molecule has 2 rings (SSSR count). The summed E-state index contributed by atoms with van der Waals surface area (Å²) >= 11 is 0. The Morgan fingerprint density at radius 2 is 1.52 bits per heavy atom. The zero-order valence-corrected chi connectivity index (χ0v) is 14.1. The molecule has 0 bridgehead atoms. The highest BCUT2D eigenvalue weighted by atomic mass is 15.1. The molecule has 122 valence electrons. The van der Waals surface area contributed by atoms with Gasteiger partial charge < -0.3 is 11.1 Å². The monoisotopic (exact) mass is 309 g/mol. The molecule has 3 nitrogen and oxygen atoms in total. The number of rotatable bonds is 7. The topological polar surface area (TPSA) is 50.4 Å². The van der Waals surface area contributed by atoms with Gasteiger partial charge >= 0.3 is 0 Å². The highest BCUT2D eigenvalue weighted by Gasteiger charge is 2.13. The number of nitrogens with one attached hydrogen (secondary N) is 1. The highest BCUT2D eigenvalue weighted by Crippen LogP contribution is 2.27. The highest BCUT2D eigenvalue weighted by molar-refractivity contribution is 5.78. The fourth-order valence-electron chi connectivity index (χ4n) is 2.61. The Morgan fingerprint density at radius 3 is 2.00 bits per heavy atom. The molecular weight excluding hydrogens is 282 g/mol. The quantitative estimate of drug-likeness (QED) is 0.602. The van der Waals surface area contributed by atoms with E-state index in [0.717, 1.165) is 12.8 Å². The molecule has 0 aromatic heterocycles. The van der Waals surface area contributed by atoms with Crippen molar-refractivity contribution in [3.8, 4) is 0 Å². The zero-order chi connectivity index (χ0) is 16.5. The Hall–Kier alpha value is -2.29. The fraction of sp³-hybridized carbons (Fsp3) is 0.350. The maximum atomic E-state index is 5.95. The Kier molecular flexibility index (Phi) is 6.67. The summed E-state index contributed by atoms with van der Waals surface area (Å²) < 4.78 is 0. The number of nitrogens with zero attached hydrogens (tertiary/aromatic N) is 1. The van der Waals surface area contributed by atoms with Gasteiger partial charge in [0.1, 0.15) is 0 Å². The van der Waals surface area contributed by atoms with Gasteiger partial charge in [-0.25, -0.2) is 0 Å². The average molecular weight is 309 g/mol. The van der Waals surface area contributed by atoms with Crippen LogP contribution >= 0.6 is 0 Å². The molecule has 1 unspecified atom stereocenters. The van der Waals surface area contributed by atoms with E-state index in [1.165, 1.54) is 11.1 Å². The van der Waals surface area contributed by atoms with E-state index in [1.54, 1.807) is 0 Å². The van der Waals surface area contributed by atoms with Crippen LogP contribution in [0, 0.1) is 0 Å². The van der Waals surface area contributed by atoms with Gasteiger partial charge in [0.15, 0.2) is 5.96 Å². The number of nitrogens with two attached hydrogens (primary N) is 1. The Morgan fingerprint density at radius 1 is 1.00 bits per heavy atom. The van der Waals surface area contributed by atoms with Gasteiger partial charge in [0, 0.05) is 18.5 Å². The summed E-state index contributed by atoms with van der Waals surface area (Å²) in [4.78, 5) is 4.49. The summed E-state index contributed by atoms with van der Waals surface area (Å²) in [6.07, 6.45) is 1.98. The van der Waals surface area contributed by atoms with Crippen molar-refractivity contribution in [3.63, 3.8) is 0 Å². The van der Waals surface area contributed by atoms with Crippen LogP contribution in [0.25, 0.3) is 0 Å². The first-order valence-electron chi connectivity index (χ1n) is 8.37. The number of hydrogen-bond acceptors (Lipinski definition) is 1. The van der Waals surface area contributed by atoms with E-state index in [2.05, 4.69) is 84.8 Å². The second kappa shape index (κ2) is 8.99. The molecule has 1 atom stereocenters. The molecule has 3 N–H and O–H groups in total. The first-order valence-corrected chi connectivity index (χ1v) is 8.37. The zero-order valence-electron chi connectivity index (χ0n) is 14.1. The standard InChI is InChI=1S/C20H27N3/c1-3-16(2)23-20(21)22-15-14-19(17-10-6-4-7-11-17)18-12-8-5-9-13-18/h4-13,16,19H,3,14-15H2,1-2H3,(H3,21,22,23). The minimum absolute atomic E-state index is 0.345. The van der Waals surface area contributed by atoms with E-state index in [-0.39, 0.29) is 0 Å². The van der Waals surface area contributed by atoms with Gasteiger partial charge in [-0.3, -0.25) is 4.99 Å². The predicted molar refractivity (Wildman–Crippen MR) is 98.7 cm³/mol. The van der Waals surface area contributed by atoms with Crippen molar-refractivity contribution >= 4 is 5.96 Å². The number of aliphatic imine (C=N–C) groups is 1. The molecule has 0 saturated heterocycles. The third-order valence-corrected chi connectivity index (χ3v) is 4.11. The Bertz CT molecular complexity index is 553. The summed E-state index contributed by atoms with van der Waals surface area (Å²) in [5.41, 5.74) is 8.60. The van der Waals surface area contributed by atoms with Crippen LogP contribution in [0.1, 0.15) is 43.7 Å². The molecule has 2 aromatic carbocycles. The molecule has 0 fully saturated rings. The van der Waals surface area contributed by atoms with Gasteiger partial charge in [-0.05, 0) is 30.9 Å². The Balaban J connectivity index is 2.06. The molecule has 0 spiro atoms. The minimum Gasteiger partial charge on any atom is -0.370 e. The van der Waals surface area contributed by atoms with Crippen molar-refractivity contribution in [2.75, 3.05) is 6.54 Å². The van der Waals surface area contributed by atoms with Gasteiger partial charge in [-0.1, -0.05) is 67.6 Å². The minimum atomic E-state index is 0.345. The molecule has 0 aliphatic rings. The normalized spacial score (nSPS) is 13.1. The molecule has 0 aliphatic carbocycles. The van der Waals surface area contributed by atoms with Crippen LogP contribution < -0.4 is 11.1 Å². The van der Waals surface area contributed by atoms with Crippen molar-refractivity contribution in [1.29, 1.82) is 0 Å². The van der Waals surface area contributed by atoms with Crippen molar-refractivity contribution in [1.82, 2.24) is 5.32 Å². The molecule has 0 radical (unpaired) electrons. The predicted octanol–water partition coefficient (Wildman–Crippen LogP) is 3.91. The molecular formula is C20H27N3. The first kappa shape index (κ1) is 17.1. The van der Waals surface area contributed by atoms with E-state index in [4.69, 9.17) is 5.73 Å². The molecule has 23 heavy (non-hydrogen) atoms. The van der Waals surface area contributed by atoms with Crippen LogP contribution in [0.15, 0.2) is 65.7 Å². The van der Waals surface area contributed by atoms with Crippen LogP contribution in [0.5, 0.6) is 0 Å². The molecule has 0 heterocycles. The fourth-order valence-corrected chi connectivity index (χ4v) is 2.61. The molecule has 0 aliphatic heterocycles. The number of benzene rings is 2. The van der Waals surface area contributed by atoms with Crippen molar-refractivity contribution < 1.29 is 0 Å². The van der Waals surface area contributed by atoms with Crippen LogP contribution in [0.3, 0.4) is 0 Å². The summed E-state index contributed by atoms with van der Waals surface area (Å²) in [6.45, 7) is 4.95. The number of guanidine groups is 1. The summed E-state index contributed by atoms with van der Waals surface area (Å²) in [6, 6.07) is 21.6. The summed E-state index contributed by atoms with van der Waals surface area (Å²) in [5, 5.41) is 3.21. The third kappa shape index (κ3) is 5.44. The van der Waals surface area contributed by atoms with E-state index in [0.29, 0.717) is 24.5 Å². The van der Waals surface area contributed by atoms with Gasteiger partial charge in [0.2, 0.25) is 0 Å². The van der Waals surface area contributed by atoms with Crippen molar-refractivity contribution in [3.05, 3.63) is 71.8 Å². The van der Waals surface area contributed by atoms with Crippen LogP contribution in [0.2, 0.25) is 0 Å². The second-order valence-corrected chi connectivity index (χ2v) is 5.88. The largest absolute Gasteiger partial charge is 0.370 e. The van der Waals surface area contributed by atoms with E-state index < -0.39 is 0 Å². The van der Waals surface area contributed by atoms with Crippen LogP contribution in [-0.4, -0.2) is 18.5 Å². The van der Waals surface area contributed by atoms with E-state index in [9.17, 15) is 0 Å². The molecule has 2 aromatic rings. The van der Waals surface area contributed by atoms with Gasteiger partial charge in [-0.2, -0.15) is 0 Å². The summed E-state index contributed by atoms with van der Waals surface area (Å²) in [7, 11) is 0. The van der Waals surface area contributed by atoms with Gasteiger partial charge in [0.25, 0.3) is 0 Å².